The van der Waals surface area contributed by atoms with Crippen molar-refractivity contribution in [1.82, 2.24) is 0 Å². The van der Waals surface area contributed by atoms with Gasteiger partial charge in [0.05, 0.1) is 25.8 Å². The van der Waals surface area contributed by atoms with Crippen molar-refractivity contribution in [1.29, 1.82) is 0 Å². The number of esters is 1. The Bertz CT molecular complexity index is 475. The highest BCUT2D eigenvalue weighted by Crippen LogP contribution is 2.13. The standard InChI is InChI=1S/C19H31NO4/c1-14(2)10-20(11-15(3)4)12-17(21)13-24-18-8-6-16(7-9-18)19(22)23-5/h6-9,14-15,17,21H,10-13H2,1-5H3/p+1/t17-/m0/s1. The number of rotatable bonds is 10. The summed E-state index contributed by atoms with van der Waals surface area (Å²) in [6.45, 7) is 11.8. The van der Waals surface area contributed by atoms with Crippen LogP contribution in [0.1, 0.15) is 38.1 Å². The molecule has 0 radical (unpaired) electrons. The second-order valence-corrected chi connectivity index (χ2v) is 7.13. The van der Waals surface area contributed by atoms with Gasteiger partial charge in [-0.2, -0.15) is 0 Å². The molecule has 0 aliphatic carbocycles. The minimum atomic E-state index is -0.516. The van der Waals surface area contributed by atoms with Crippen molar-refractivity contribution in [2.24, 2.45) is 11.8 Å². The maximum atomic E-state index is 11.4. The Morgan fingerprint density at radius 3 is 2.04 bits per heavy atom. The van der Waals surface area contributed by atoms with Crippen LogP contribution in [0, 0.1) is 11.8 Å². The van der Waals surface area contributed by atoms with E-state index in [9.17, 15) is 9.90 Å². The number of benzene rings is 1. The van der Waals surface area contributed by atoms with Crippen LogP contribution < -0.4 is 9.64 Å². The number of nitrogens with one attached hydrogen (secondary N) is 1. The van der Waals surface area contributed by atoms with Crippen molar-refractivity contribution < 1.29 is 24.3 Å². The van der Waals surface area contributed by atoms with Gasteiger partial charge in [-0.3, -0.25) is 0 Å². The molecule has 0 amide bonds. The molecule has 0 spiro atoms. The molecule has 24 heavy (non-hydrogen) atoms. The van der Waals surface area contributed by atoms with Crippen LogP contribution in [-0.2, 0) is 4.74 Å². The minimum absolute atomic E-state index is 0.247. The first kappa shape index (κ1) is 20.5. The molecule has 136 valence electrons. The minimum Gasteiger partial charge on any atom is -0.491 e. The molecule has 1 aromatic rings. The second kappa shape index (κ2) is 10.3. The number of aliphatic hydroxyl groups is 1. The molecule has 0 aliphatic rings. The molecule has 2 N–H and O–H groups in total. The molecule has 5 nitrogen and oxygen atoms in total. The number of ether oxygens (including phenoxy) is 2. The van der Waals surface area contributed by atoms with E-state index >= 15 is 0 Å². The zero-order valence-electron chi connectivity index (χ0n) is 15.5. The lowest BCUT2D eigenvalue weighted by Gasteiger charge is -2.25. The summed E-state index contributed by atoms with van der Waals surface area (Å²) in [5, 5.41) is 10.3. The van der Waals surface area contributed by atoms with E-state index in [1.165, 1.54) is 12.0 Å². The normalized spacial score (nSPS) is 12.7. The summed E-state index contributed by atoms with van der Waals surface area (Å²) < 4.78 is 10.3. The van der Waals surface area contributed by atoms with Crippen LogP contribution in [0.3, 0.4) is 0 Å². The Hall–Kier alpha value is -1.59. The predicted octanol–water partition coefficient (Wildman–Crippen LogP) is 1.41. The molecular formula is C19H32NO4+. The van der Waals surface area contributed by atoms with Gasteiger partial charge in [0.1, 0.15) is 25.0 Å². The zero-order chi connectivity index (χ0) is 18.1. The third-order valence-corrected chi connectivity index (χ3v) is 3.64. The molecule has 0 unspecified atom stereocenters. The van der Waals surface area contributed by atoms with Crippen LogP contribution >= 0.6 is 0 Å². The van der Waals surface area contributed by atoms with Gasteiger partial charge in [-0.25, -0.2) is 4.79 Å². The molecular weight excluding hydrogens is 306 g/mol. The first-order chi connectivity index (χ1) is 11.3. The third kappa shape index (κ3) is 7.79. The predicted molar refractivity (Wildman–Crippen MR) is 94.5 cm³/mol. The van der Waals surface area contributed by atoms with Gasteiger partial charge < -0.3 is 19.5 Å². The Morgan fingerprint density at radius 2 is 1.58 bits per heavy atom. The van der Waals surface area contributed by atoms with Crippen LogP contribution in [0.25, 0.3) is 0 Å². The van der Waals surface area contributed by atoms with Gasteiger partial charge in [0, 0.05) is 11.8 Å². The maximum absolute atomic E-state index is 11.4. The van der Waals surface area contributed by atoms with Gasteiger partial charge >= 0.3 is 5.97 Å². The average molecular weight is 338 g/mol. The van der Waals surface area contributed by atoms with Crippen LogP contribution in [0.5, 0.6) is 5.75 Å². The first-order valence-corrected chi connectivity index (χ1v) is 8.64. The third-order valence-electron chi connectivity index (χ3n) is 3.64. The Kier molecular flexibility index (Phi) is 8.79. The number of carbonyl (C=O) groups is 1. The zero-order valence-corrected chi connectivity index (χ0v) is 15.5. The van der Waals surface area contributed by atoms with E-state index in [0.29, 0.717) is 29.7 Å². The number of hydrogen-bond donors (Lipinski definition) is 2. The van der Waals surface area contributed by atoms with Crippen molar-refractivity contribution in [3.63, 3.8) is 0 Å². The van der Waals surface area contributed by atoms with Gasteiger partial charge in [-0.1, -0.05) is 27.7 Å². The van der Waals surface area contributed by atoms with Crippen LogP contribution in [0.15, 0.2) is 24.3 Å². The van der Waals surface area contributed by atoms with Crippen molar-refractivity contribution in [2.75, 3.05) is 33.4 Å². The number of aliphatic hydroxyl groups excluding tert-OH is 1. The van der Waals surface area contributed by atoms with Gasteiger partial charge in [0.25, 0.3) is 0 Å². The van der Waals surface area contributed by atoms with Gasteiger partial charge in [-0.05, 0) is 24.3 Å². The molecule has 0 fully saturated rings. The van der Waals surface area contributed by atoms with Crippen molar-refractivity contribution in [3.8, 4) is 5.75 Å². The topological polar surface area (TPSA) is 60.2 Å². The molecule has 1 atom stereocenters. The highest BCUT2D eigenvalue weighted by Gasteiger charge is 2.18. The van der Waals surface area contributed by atoms with Crippen LogP contribution in [0.4, 0.5) is 0 Å². The molecule has 1 rings (SSSR count). The summed E-state index contributed by atoms with van der Waals surface area (Å²) in [5.41, 5.74) is 0.481. The fraction of sp³-hybridized carbons (Fsp3) is 0.632. The lowest BCUT2D eigenvalue weighted by Crippen LogP contribution is -3.14. The smallest absolute Gasteiger partial charge is 0.337 e. The molecule has 0 aliphatic heterocycles. The van der Waals surface area contributed by atoms with E-state index in [-0.39, 0.29) is 12.6 Å². The fourth-order valence-electron chi connectivity index (χ4n) is 2.79. The van der Waals surface area contributed by atoms with Crippen molar-refractivity contribution >= 4 is 5.97 Å². The van der Waals surface area contributed by atoms with Gasteiger partial charge in [0.15, 0.2) is 0 Å². The van der Waals surface area contributed by atoms with E-state index < -0.39 is 6.10 Å². The summed E-state index contributed by atoms with van der Waals surface area (Å²) in [4.78, 5) is 12.8. The SMILES string of the molecule is COC(=O)c1ccc(OC[C@@H](O)C[NH+](CC(C)C)CC(C)C)cc1. The molecule has 0 saturated carbocycles. The molecule has 1 aromatic carbocycles. The molecule has 0 saturated heterocycles. The molecule has 0 heterocycles. The molecule has 5 heteroatoms. The Labute approximate surface area is 145 Å². The van der Waals surface area contributed by atoms with Gasteiger partial charge in [-0.15, -0.1) is 0 Å². The summed E-state index contributed by atoms with van der Waals surface area (Å²) in [7, 11) is 1.35. The second-order valence-electron chi connectivity index (χ2n) is 7.13. The number of carbonyl (C=O) groups excluding carboxylic acids is 1. The number of hydrogen-bond acceptors (Lipinski definition) is 4. The van der Waals surface area contributed by atoms with Gasteiger partial charge in [0.2, 0.25) is 0 Å². The van der Waals surface area contributed by atoms with E-state index in [0.717, 1.165) is 13.1 Å². The lowest BCUT2D eigenvalue weighted by atomic mass is 10.1. The largest absolute Gasteiger partial charge is 0.491 e. The number of quaternary nitrogens is 1. The maximum Gasteiger partial charge on any atom is 0.337 e. The molecule has 0 aromatic heterocycles. The van der Waals surface area contributed by atoms with E-state index in [1.807, 2.05) is 0 Å². The van der Waals surface area contributed by atoms with E-state index in [2.05, 4.69) is 32.4 Å². The number of methoxy groups -OCH3 is 1. The van der Waals surface area contributed by atoms with E-state index in [1.54, 1.807) is 24.3 Å². The lowest BCUT2D eigenvalue weighted by molar-refractivity contribution is -0.909. The fourth-order valence-corrected chi connectivity index (χ4v) is 2.79. The van der Waals surface area contributed by atoms with Crippen LogP contribution in [0.2, 0.25) is 0 Å². The first-order valence-electron chi connectivity index (χ1n) is 8.64. The Balaban J connectivity index is 2.48. The highest BCUT2D eigenvalue weighted by molar-refractivity contribution is 5.89. The monoisotopic (exact) mass is 338 g/mol. The Morgan fingerprint density at radius 1 is 1.04 bits per heavy atom. The van der Waals surface area contributed by atoms with Crippen molar-refractivity contribution in [3.05, 3.63) is 29.8 Å². The average Bonchev–Trinajstić information content (AvgIpc) is 2.51. The highest BCUT2D eigenvalue weighted by atomic mass is 16.5. The summed E-state index contributed by atoms with van der Waals surface area (Å²) in [6.07, 6.45) is -0.516. The van der Waals surface area contributed by atoms with E-state index in [4.69, 9.17) is 4.74 Å². The quantitative estimate of drug-likeness (QED) is 0.633. The summed E-state index contributed by atoms with van der Waals surface area (Å²) >= 11 is 0. The van der Waals surface area contributed by atoms with Crippen molar-refractivity contribution in [2.45, 2.75) is 33.8 Å². The van der Waals surface area contributed by atoms with Crippen LogP contribution in [-0.4, -0.2) is 50.5 Å². The summed E-state index contributed by atoms with van der Waals surface area (Å²) in [5.74, 6) is 1.45. The molecule has 0 bridgehead atoms. The summed E-state index contributed by atoms with van der Waals surface area (Å²) in [6, 6.07) is 6.74.